The molecular weight excluding hydrogens is 364 g/mol. The number of phenolic OH excluding ortho intramolecular Hbond substituents is 1. The Bertz CT molecular complexity index is 876. The zero-order valence-corrected chi connectivity index (χ0v) is 15.9. The van der Waals surface area contributed by atoms with Gasteiger partial charge in [0.25, 0.3) is 0 Å². The molecule has 144 valence electrons. The summed E-state index contributed by atoms with van der Waals surface area (Å²) in [4.78, 5) is 12.4. The van der Waals surface area contributed by atoms with Crippen molar-refractivity contribution in [3.63, 3.8) is 0 Å². The van der Waals surface area contributed by atoms with Gasteiger partial charge in [0.1, 0.15) is 5.75 Å². The lowest BCUT2D eigenvalue weighted by Gasteiger charge is -2.31. The number of nitrogens with one attached hydrogen (secondary N) is 1. The first-order valence-electron chi connectivity index (χ1n) is 9.05. The molecule has 2 aromatic carbocycles. The van der Waals surface area contributed by atoms with E-state index in [2.05, 4.69) is 5.32 Å². The van der Waals surface area contributed by atoms with Crippen LogP contribution in [0.15, 0.2) is 59.5 Å². The topological polar surface area (TPSA) is 86.7 Å². The lowest BCUT2D eigenvalue weighted by atomic mass is 9.98. The quantitative estimate of drug-likeness (QED) is 0.794. The molecule has 0 aliphatic carbocycles. The highest BCUT2D eigenvalue weighted by Gasteiger charge is 2.29. The minimum Gasteiger partial charge on any atom is -0.508 e. The van der Waals surface area contributed by atoms with Crippen LogP contribution < -0.4 is 5.32 Å². The van der Waals surface area contributed by atoms with Gasteiger partial charge >= 0.3 is 0 Å². The van der Waals surface area contributed by atoms with Gasteiger partial charge in [-0.05, 0) is 37.0 Å². The smallest absolute Gasteiger partial charge is 0.243 e. The Hall–Kier alpha value is -2.38. The van der Waals surface area contributed by atoms with E-state index in [1.807, 2.05) is 0 Å². The van der Waals surface area contributed by atoms with Crippen LogP contribution in [0.25, 0.3) is 0 Å². The first kappa shape index (κ1) is 19.4. The molecule has 1 heterocycles. The van der Waals surface area contributed by atoms with E-state index in [1.165, 1.54) is 4.31 Å². The number of rotatable bonds is 6. The molecule has 3 rings (SSSR count). The van der Waals surface area contributed by atoms with Crippen LogP contribution in [0.4, 0.5) is 0 Å². The molecule has 1 aliphatic rings. The van der Waals surface area contributed by atoms with Crippen molar-refractivity contribution in [2.75, 3.05) is 19.6 Å². The average Bonchev–Trinajstić information content (AvgIpc) is 2.69. The summed E-state index contributed by atoms with van der Waals surface area (Å²) < 4.78 is 26.8. The SMILES string of the molecule is O=C(Cc1ccccc1O)NCC1CCN(S(=O)(=O)c2ccccc2)CC1. The fraction of sp³-hybridized carbons (Fsp3) is 0.350. The van der Waals surface area contributed by atoms with Crippen LogP contribution in [0.1, 0.15) is 18.4 Å². The van der Waals surface area contributed by atoms with Crippen LogP contribution in [-0.2, 0) is 21.2 Å². The highest BCUT2D eigenvalue weighted by molar-refractivity contribution is 7.89. The molecule has 0 unspecified atom stereocenters. The molecule has 6 nitrogen and oxygen atoms in total. The number of phenols is 1. The lowest BCUT2D eigenvalue weighted by Crippen LogP contribution is -2.41. The van der Waals surface area contributed by atoms with Crippen molar-refractivity contribution in [3.8, 4) is 5.75 Å². The highest BCUT2D eigenvalue weighted by atomic mass is 32.2. The normalized spacial score (nSPS) is 16.1. The monoisotopic (exact) mass is 388 g/mol. The molecule has 0 saturated carbocycles. The molecule has 1 amide bonds. The third-order valence-corrected chi connectivity index (χ3v) is 6.80. The number of aromatic hydroxyl groups is 1. The van der Waals surface area contributed by atoms with Crippen LogP contribution in [0.5, 0.6) is 5.75 Å². The predicted molar refractivity (Wildman–Crippen MR) is 103 cm³/mol. The van der Waals surface area contributed by atoms with Crippen molar-refractivity contribution in [1.29, 1.82) is 0 Å². The summed E-state index contributed by atoms with van der Waals surface area (Å²) in [6.07, 6.45) is 1.56. The number of piperidine rings is 1. The molecule has 27 heavy (non-hydrogen) atoms. The van der Waals surface area contributed by atoms with Gasteiger partial charge < -0.3 is 10.4 Å². The van der Waals surface area contributed by atoms with Crippen LogP contribution in [-0.4, -0.2) is 43.4 Å². The molecule has 1 saturated heterocycles. The molecule has 1 fully saturated rings. The van der Waals surface area contributed by atoms with Crippen molar-refractivity contribution >= 4 is 15.9 Å². The number of carbonyl (C=O) groups excluding carboxylic acids is 1. The zero-order chi connectivity index (χ0) is 19.3. The zero-order valence-electron chi connectivity index (χ0n) is 15.0. The highest BCUT2D eigenvalue weighted by Crippen LogP contribution is 2.23. The first-order chi connectivity index (χ1) is 13.0. The van der Waals surface area contributed by atoms with Gasteiger partial charge in [-0.2, -0.15) is 4.31 Å². The van der Waals surface area contributed by atoms with E-state index in [4.69, 9.17) is 0 Å². The second-order valence-electron chi connectivity index (χ2n) is 6.77. The van der Waals surface area contributed by atoms with Gasteiger partial charge in [-0.15, -0.1) is 0 Å². The van der Waals surface area contributed by atoms with Crippen molar-refractivity contribution in [2.24, 2.45) is 5.92 Å². The van der Waals surface area contributed by atoms with Gasteiger partial charge in [-0.3, -0.25) is 4.79 Å². The van der Waals surface area contributed by atoms with Crippen molar-refractivity contribution in [1.82, 2.24) is 9.62 Å². The maximum atomic E-state index is 12.6. The molecule has 0 atom stereocenters. The van der Waals surface area contributed by atoms with Crippen LogP contribution in [0.3, 0.4) is 0 Å². The van der Waals surface area contributed by atoms with Gasteiger partial charge in [-0.25, -0.2) is 8.42 Å². The maximum Gasteiger partial charge on any atom is 0.243 e. The summed E-state index contributed by atoms with van der Waals surface area (Å²) in [6.45, 7) is 1.43. The summed E-state index contributed by atoms with van der Waals surface area (Å²) in [5, 5.41) is 12.6. The van der Waals surface area contributed by atoms with Gasteiger partial charge in [0.15, 0.2) is 0 Å². The summed E-state index contributed by atoms with van der Waals surface area (Å²) in [5.41, 5.74) is 0.596. The Balaban J connectivity index is 1.47. The van der Waals surface area contributed by atoms with E-state index in [-0.39, 0.29) is 24.0 Å². The Morgan fingerprint density at radius 2 is 1.67 bits per heavy atom. The summed E-state index contributed by atoms with van der Waals surface area (Å²) in [6, 6.07) is 15.2. The number of hydrogen-bond donors (Lipinski definition) is 2. The third-order valence-electron chi connectivity index (χ3n) is 4.89. The van der Waals surface area contributed by atoms with Gasteiger partial charge in [-0.1, -0.05) is 36.4 Å². The second kappa shape index (κ2) is 8.54. The van der Waals surface area contributed by atoms with Crippen LogP contribution >= 0.6 is 0 Å². The van der Waals surface area contributed by atoms with Crippen molar-refractivity contribution in [2.45, 2.75) is 24.2 Å². The molecule has 0 aromatic heterocycles. The molecule has 7 heteroatoms. The number of carbonyl (C=O) groups is 1. The number of amides is 1. The molecule has 2 aromatic rings. The van der Waals surface area contributed by atoms with Gasteiger partial charge in [0.2, 0.25) is 15.9 Å². The Kier molecular flexibility index (Phi) is 6.13. The van der Waals surface area contributed by atoms with E-state index >= 15 is 0 Å². The standard InChI is InChI=1S/C20H24N2O4S/c23-19-9-5-4-6-17(19)14-20(24)21-15-16-10-12-22(13-11-16)27(25,26)18-7-2-1-3-8-18/h1-9,16,23H,10-15H2,(H,21,24). The summed E-state index contributed by atoms with van der Waals surface area (Å²) in [5.74, 6) is 0.225. The number of hydrogen-bond acceptors (Lipinski definition) is 4. The summed E-state index contributed by atoms with van der Waals surface area (Å²) >= 11 is 0. The van der Waals surface area contributed by atoms with E-state index < -0.39 is 10.0 Å². The summed E-state index contributed by atoms with van der Waals surface area (Å²) in [7, 11) is -3.44. The molecule has 0 bridgehead atoms. The fourth-order valence-electron chi connectivity index (χ4n) is 3.25. The molecule has 1 aliphatic heterocycles. The average molecular weight is 388 g/mol. The van der Waals surface area contributed by atoms with E-state index in [0.29, 0.717) is 42.9 Å². The van der Waals surface area contributed by atoms with E-state index in [1.54, 1.807) is 54.6 Å². The van der Waals surface area contributed by atoms with Crippen LogP contribution in [0.2, 0.25) is 0 Å². The molecular formula is C20H24N2O4S. The Labute approximate surface area is 159 Å². The van der Waals surface area contributed by atoms with Gasteiger partial charge in [0, 0.05) is 25.2 Å². The van der Waals surface area contributed by atoms with Crippen molar-refractivity contribution < 1.29 is 18.3 Å². The first-order valence-corrected chi connectivity index (χ1v) is 10.5. The molecule has 0 spiro atoms. The minimum absolute atomic E-state index is 0.118. The van der Waals surface area contributed by atoms with E-state index in [0.717, 1.165) is 0 Å². The predicted octanol–water partition coefficient (Wildman–Crippen LogP) is 2.15. The Morgan fingerprint density at radius 1 is 1.04 bits per heavy atom. The maximum absolute atomic E-state index is 12.6. The number of nitrogens with zero attached hydrogens (tertiary/aromatic N) is 1. The van der Waals surface area contributed by atoms with Crippen LogP contribution in [0, 0.1) is 5.92 Å². The third kappa shape index (κ3) is 4.87. The van der Waals surface area contributed by atoms with Crippen molar-refractivity contribution in [3.05, 3.63) is 60.2 Å². The Morgan fingerprint density at radius 3 is 2.33 bits per heavy atom. The van der Waals surface area contributed by atoms with E-state index in [9.17, 15) is 18.3 Å². The number of benzene rings is 2. The number of sulfonamides is 1. The largest absolute Gasteiger partial charge is 0.508 e. The minimum atomic E-state index is -3.44. The molecule has 2 N–H and O–H groups in total. The van der Waals surface area contributed by atoms with Gasteiger partial charge in [0.05, 0.1) is 11.3 Å². The fourth-order valence-corrected chi connectivity index (χ4v) is 4.74. The molecule has 0 radical (unpaired) electrons. The lowest BCUT2D eigenvalue weighted by molar-refractivity contribution is -0.120. The number of para-hydroxylation sites is 1. The second-order valence-corrected chi connectivity index (χ2v) is 8.71.